The molecule has 0 saturated heterocycles. The van der Waals surface area contributed by atoms with Gasteiger partial charge in [-0.3, -0.25) is 4.79 Å². The Morgan fingerprint density at radius 2 is 1.85 bits per heavy atom. The van der Waals surface area contributed by atoms with Crippen molar-refractivity contribution in [3.8, 4) is 11.3 Å². The van der Waals surface area contributed by atoms with E-state index in [1.54, 1.807) is 30.3 Å². The molecule has 1 aromatic heterocycles. The van der Waals surface area contributed by atoms with Gasteiger partial charge in [0.1, 0.15) is 6.54 Å². The molecule has 0 radical (unpaired) electrons. The molecule has 2 aromatic rings. The van der Waals surface area contributed by atoms with E-state index in [1.165, 1.54) is 6.07 Å². The molecule has 0 aliphatic rings. The number of nitrogens with zero attached hydrogens (tertiary/aromatic N) is 2. The summed E-state index contributed by atoms with van der Waals surface area (Å²) < 4.78 is 37.8. The number of rotatable bonds is 3. The van der Waals surface area contributed by atoms with Gasteiger partial charge in [0, 0.05) is 11.6 Å². The number of aryl methyl sites for hydroxylation is 1. The summed E-state index contributed by atoms with van der Waals surface area (Å²) in [5, 5.41) is 3.88. The minimum atomic E-state index is -4.47. The molecule has 0 unspecified atom stereocenters. The predicted octanol–water partition coefficient (Wildman–Crippen LogP) is 3.04. The van der Waals surface area contributed by atoms with Gasteiger partial charge in [-0.05, 0) is 12.0 Å². The van der Waals surface area contributed by atoms with Crippen LogP contribution < -0.4 is 5.56 Å². The van der Waals surface area contributed by atoms with Crippen molar-refractivity contribution in [2.45, 2.75) is 26.1 Å². The second-order valence-electron chi connectivity index (χ2n) is 4.35. The molecule has 20 heavy (non-hydrogen) atoms. The Morgan fingerprint density at radius 3 is 2.40 bits per heavy atom. The second kappa shape index (κ2) is 5.48. The van der Waals surface area contributed by atoms with Crippen LogP contribution in [-0.2, 0) is 13.0 Å². The largest absolute Gasteiger partial charge is 0.408 e. The third-order valence-electron chi connectivity index (χ3n) is 2.83. The van der Waals surface area contributed by atoms with Crippen molar-refractivity contribution in [3.05, 3.63) is 52.3 Å². The number of hydrogen-bond donors (Lipinski definition) is 0. The van der Waals surface area contributed by atoms with Crippen molar-refractivity contribution in [1.82, 2.24) is 9.78 Å². The normalized spacial score (nSPS) is 11.6. The molecule has 106 valence electrons. The molecule has 0 aliphatic heterocycles. The van der Waals surface area contributed by atoms with Gasteiger partial charge in [0.15, 0.2) is 0 Å². The highest BCUT2D eigenvalue weighted by atomic mass is 19.4. The van der Waals surface area contributed by atoms with Crippen LogP contribution in [-0.4, -0.2) is 16.0 Å². The fourth-order valence-corrected chi connectivity index (χ4v) is 1.92. The summed E-state index contributed by atoms with van der Waals surface area (Å²) in [6.07, 6.45) is -3.95. The number of hydrogen-bond acceptors (Lipinski definition) is 2. The third kappa shape index (κ3) is 3.26. The molecule has 0 amide bonds. The lowest BCUT2D eigenvalue weighted by Crippen LogP contribution is -2.30. The molecular weight excluding hydrogens is 269 g/mol. The average Bonchev–Trinajstić information content (AvgIpc) is 2.40. The van der Waals surface area contributed by atoms with Gasteiger partial charge in [-0.25, -0.2) is 4.68 Å². The van der Waals surface area contributed by atoms with Crippen LogP contribution in [0.2, 0.25) is 0 Å². The van der Waals surface area contributed by atoms with Crippen molar-refractivity contribution in [1.29, 1.82) is 0 Å². The number of aromatic nitrogens is 2. The first-order valence-electron chi connectivity index (χ1n) is 6.14. The van der Waals surface area contributed by atoms with Gasteiger partial charge < -0.3 is 0 Å². The summed E-state index contributed by atoms with van der Waals surface area (Å²) in [5.74, 6) is 0. The highest BCUT2D eigenvalue weighted by Gasteiger charge is 2.29. The quantitative estimate of drug-likeness (QED) is 0.867. The second-order valence-corrected chi connectivity index (χ2v) is 4.35. The maximum atomic E-state index is 12.4. The van der Waals surface area contributed by atoms with Gasteiger partial charge >= 0.3 is 6.18 Å². The van der Waals surface area contributed by atoms with Crippen LogP contribution >= 0.6 is 0 Å². The van der Waals surface area contributed by atoms with E-state index in [0.717, 1.165) is 0 Å². The molecule has 0 spiro atoms. The first-order chi connectivity index (χ1) is 9.40. The van der Waals surface area contributed by atoms with Crippen LogP contribution in [0.1, 0.15) is 12.5 Å². The summed E-state index contributed by atoms with van der Waals surface area (Å²) in [5.41, 5.74) is 1.01. The van der Waals surface area contributed by atoms with E-state index >= 15 is 0 Å². The van der Waals surface area contributed by atoms with E-state index < -0.39 is 18.3 Å². The molecule has 0 fully saturated rings. The first-order valence-corrected chi connectivity index (χ1v) is 6.14. The molecule has 1 heterocycles. The molecule has 6 heteroatoms. The maximum absolute atomic E-state index is 12.4. The van der Waals surface area contributed by atoms with Crippen molar-refractivity contribution in [2.24, 2.45) is 0 Å². The van der Waals surface area contributed by atoms with E-state index in [4.69, 9.17) is 0 Å². The lowest BCUT2D eigenvalue weighted by molar-refractivity contribution is -0.143. The summed E-state index contributed by atoms with van der Waals surface area (Å²) in [6.45, 7) is 0.451. The molecule has 0 aliphatic carbocycles. The first kappa shape index (κ1) is 14.3. The SMILES string of the molecule is CCc1cc(=O)n(CC(F)(F)F)nc1-c1ccccc1. The average molecular weight is 282 g/mol. The van der Waals surface area contributed by atoms with E-state index in [-0.39, 0.29) is 0 Å². The Kier molecular flexibility index (Phi) is 3.92. The minimum Gasteiger partial charge on any atom is -0.268 e. The summed E-state index contributed by atoms with van der Waals surface area (Å²) >= 11 is 0. The van der Waals surface area contributed by atoms with E-state index in [9.17, 15) is 18.0 Å². The Balaban J connectivity index is 2.56. The van der Waals surface area contributed by atoms with E-state index in [1.807, 2.05) is 6.92 Å². The summed E-state index contributed by atoms with van der Waals surface area (Å²) in [7, 11) is 0. The molecule has 1 aromatic carbocycles. The zero-order chi connectivity index (χ0) is 14.8. The Morgan fingerprint density at radius 1 is 1.20 bits per heavy atom. The fraction of sp³-hybridized carbons (Fsp3) is 0.286. The molecule has 2 rings (SSSR count). The lowest BCUT2D eigenvalue weighted by atomic mass is 10.1. The standard InChI is InChI=1S/C14H13F3N2O/c1-2-10-8-12(20)19(9-14(15,16)17)18-13(10)11-6-4-3-5-7-11/h3-8H,2,9H2,1H3. The maximum Gasteiger partial charge on any atom is 0.408 e. The van der Waals surface area contributed by atoms with Gasteiger partial charge in [0.05, 0.1) is 5.69 Å². The summed E-state index contributed by atoms with van der Waals surface area (Å²) in [4.78, 5) is 11.7. The molecule has 0 bridgehead atoms. The number of alkyl halides is 3. The Bertz CT molecular complexity index is 648. The van der Waals surface area contributed by atoms with E-state index in [2.05, 4.69) is 5.10 Å². The highest BCUT2D eigenvalue weighted by molar-refractivity contribution is 5.62. The zero-order valence-corrected chi connectivity index (χ0v) is 10.8. The van der Waals surface area contributed by atoms with Crippen LogP contribution in [0.3, 0.4) is 0 Å². The van der Waals surface area contributed by atoms with Crippen molar-refractivity contribution < 1.29 is 13.2 Å². The minimum absolute atomic E-state index is 0.414. The van der Waals surface area contributed by atoms with Crippen molar-refractivity contribution in [2.75, 3.05) is 0 Å². The van der Waals surface area contributed by atoms with Crippen molar-refractivity contribution in [3.63, 3.8) is 0 Å². The van der Waals surface area contributed by atoms with Crippen molar-refractivity contribution >= 4 is 0 Å². The van der Waals surface area contributed by atoms with E-state index in [0.29, 0.717) is 27.9 Å². The van der Waals surface area contributed by atoms with Gasteiger partial charge in [-0.15, -0.1) is 0 Å². The number of benzene rings is 1. The Hall–Kier alpha value is -2.11. The zero-order valence-electron chi connectivity index (χ0n) is 10.8. The topological polar surface area (TPSA) is 34.9 Å². The lowest BCUT2D eigenvalue weighted by Gasteiger charge is -2.12. The van der Waals surface area contributed by atoms with Crippen LogP contribution in [0.4, 0.5) is 13.2 Å². The third-order valence-corrected chi connectivity index (χ3v) is 2.83. The molecule has 3 nitrogen and oxygen atoms in total. The van der Waals surface area contributed by atoms with Gasteiger partial charge in [-0.2, -0.15) is 18.3 Å². The van der Waals surface area contributed by atoms with Gasteiger partial charge in [0.2, 0.25) is 0 Å². The van der Waals surface area contributed by atoms with Crippen LogP contribution in [0.15, 0.2) is 41.2 Å². The Labute approximate surface area is 113 Å². The van der Waals surface area contributed by atoms with Crippen LogP contribution in [0, 0.1) is 0 Å². The number of halogens is 3. The van der Waals surface area contributed by atoms with Gasteiger partial charge in [0.25, 0.3) is 5.56 Å². The molecule has 0 N–H and O–H groups in total. The monoisotopic (exact) mass is 282 g/mol. The predicted molar refractivity (Wildman–Crippen MR) is 69.4 cm³/mol. The molecule has 0 atom stereocenters. The summed E-state index contributed by atoms with van der Waals surface area (Å²) in [6, 6.07) is 10.1. The fourth-order valence-electron chi connectivity index (χ4n) is 1.92. The highest BCUT2D eigenvalue weighted by Crippen LogP contribution is 2.21. The smallest absolute Gasteiger partial charge is 0.268 e. The molecular formula is C14H13F3N2O. The van der Waals surface area contributed by atoms with Crippen LogP contribution in [0.25, 0.3) is 11.3 Å². The molecule has 0 saturated carbocycles. The van der Waals surface area contributed by atoms with Gasteiger partial charge in [-0.1, -0.05) is 37.3 Å². The van der Waals surface area contributed by atoms with Crippen LogP contribution in [0.5, 0.6) is 0 Å².